The molecule has 21 heavy (non-hydrogen) atoms. The molecule has 0 spiro atoms. The minimum absolute atomic E-state index is 0.272. The second kappa shape index (κ2) is 5.35. The summed E-state index contributed by atoms with van der Waals surface area (Å²) in [6.07, 6.45) is 2.08. The van der Waals surface area contributed by atoms with Gasteiger partial charge in [0.05, 0.1) is 0 Å². The molecule has 0 atom stereocenters. The summed E-state index contributed by atoms with van der Waals surface area (Å²) in [5.74, 6) is 2.53. The lowest BCUT2D eigenvalue weighted by Gasteiger charge is -2.17. The number of hydrogen-bond acceptors (Lipinski definition) is 4. The number of benzene rings is 1. The van der Waals surface area contributed by atoms with Crippen molar-refractivity contribution in [3.05, 3.63) is 46.8 Å². The van der Waals surface area contributed by atoms with E-state index in [0.717, 1.165) is 30.0 Å². The molecule has 2 aromatic rings. The molecule has 0 bridgehead atoms. The first kappa shape index (κ1) is 13.9. The van der Waals surface area contributed by atoms with Crippen LogP contribution in [0.2, 0.25) is 0 Å². The average Bonchev–Trinajstić information content (AvgIpc) is 2.85. The zero-order valence-corrected chi connectivity index (χ0v) is 12.9. The van der Waals surface area contributed by atoms with Gasteiger partial charge < -0.3 is 11.1 Å². The number of rotatable bonds is 3. The van der Waals surface area contributed by atoms with Crippen LogP contribution in [0.4, 0.5) is 11.6 Å². The standard InChI is InChI=1S/C17H22N4/c1-10(2)16-20-15(18)11(3)17(21-16)19-14-8-12-6-4-5-7-13(12)9-14/h4-7,10,14H,8-9H2,1-3H3,(H3,18,19,20,21). The summed E-state index contributed by atoms with van der Waals surface area (Å²) in [6.45, 7) is 6.14. The Kier molecular flexibility index (Phi) is 3.53. The fourth-order valence-electron chi connectivity index (χ4n) is 2.80. The van der Waals surface area contributed by atoms with E-state index in [-0.39, 0.29) is 5.92 Å². The molecule has 0 unspecified atom stereocenters. The number of nitrogens with one attached hydrogen (secondary N) is 1. The van der Waals surface area contributed by atoms with Gasteiger partial charge in [-0.25, -0.2) is 9.97 Å². The van der Waals surface area contributed by atoms with E-state index >= 15 is 0 Å². The van der Waals surface area contributed by atoms with Gasteiger partial charge in [0.1, 0.15) is 17.5 Å². The van der Waals surface area contributed by atoms with Crippen LogP contribution in [0, 0.1) is 6.92 Å². The third-order valence-electron chi connectivity index (χ3n) is 4.11. The van der Waals surface area contributed by atoms with Crippen LogP contribution in [0.5, 0.6) is 0 Å². The molecule has 0 saturated carbocycles. The van der Waals surface area contributed by atoms with E-state index in [1.54, 1.807) is 0 Å². The Labute approximate surface area is 125 Å². The first-order valence-electron chi connectivity index (χ1n) is 7.52. The number of nitrogen functional groups attached to an aromatic ring is 1. The maximum absolute atomic E-state index is 6.03. The second-order valence-electron chi connectivity index (χ2n) is 6.11. The summed E-state index contributed by atoms with van der Waals surface area (Å²) in [4.78, 5) is 9.03. The number of fused-ring (bicyclic) bond motifs is 1. The molecule has 1 aliphatic rings. The Morgan fingerprint density at radius 2 is 1.76 bits per heavy atom. The maximum Gasteiger partial charge on any atom is 0.135 e. The van der Waals surface area contributed by atoms with Gasteiger partial charge in [-0.15, -0.1) is 0 Å². The Morgan fingerprint density at radius 1 is 1.14 bits per heavy atom. The largest absolute Gasteiger partial charge is 0.383 e. The van der Waals surface area contributed by atoms with E-state index < -0.39 is 0 Å². The lowest BCUT2D eigenvalue weighted by Crippen LogP contribution is -2.22. The van der Waals surface area contributed by atoms with Crippen LogP contribution in [0.1, 0.15) is 42.3 Å². The minimum Gasteiger partial charge on any atom is -0.383 e. The number of anilines is 2. The van der Waals surface area contributed by atoms with Gasteiger partial charge in [-0.3, -0.25) is 0 Å². The Morgan fingerprint density at radius 3 is 2.33 bits per heavy atom. The van der Waals surface area contributed by atoms with Crippen molar-refractivity contribution >= 4 is 11.6 Å². The molecular weight excluding hydrogens is 260 g/mol. The third-order valence-corrected chi connectivity index (χ3v) is 4.11. The number of aromatic nitrogens is 2. The molecule has 3 rings (SSSR count). The quantitative estimate of drug-likeness (QED) is 0.908. The minimum atomic E-state index is 0.272. The summed E-state index contributed by atoms with van der Waals surface area (Å²) in [5, 5.41) is 3.56. The zero-order chi connectivity index (χ0) is 15.0. The van der Waals surface area contributed by atoms with Crippen LogP contribution < -0.4 is 11.1 Å². The fourth-order valence-corrected chi connectivity index (χ4v) is 2.80. The SMILES string of the molecule is Cc1c(N)nc(C(C)C)nc1NC1Cc2ccccc2C1. The van der Waals surface area contributed by atoms with Crippen molar-refractivity contribution < 1.29 is 0 Å². The topological polar surface area (TPSA) is 63.8 Å². The van der Waals surface area contributed by atoms with Crippen LogP contribution in [0.15, 0.2) is 24.3 Å². The average molecular weight is 282 g/mol. The van der Waals surface area contributed by atoms with Gasteiger partial charge in [0.15, 0.2) is 0 Å². The van der Waals surface area contributed by atoms with Crippen LogP contribution in [-0.2, 0) is 12.8 Å². The highest BCUT2D eigenvalue weighted by Crippen LogP contribution is 2.27. The highest BCUT2D eigenvalue weighted by molar-refractivity contribution is 5.56. The molecular formula is C17H22N4. The van der Waals surface area contributed by atoms with E-state index in [1.807, 2.05) is 6.92 Å². The van der Waals surface area contributed by atoms with Gasteiger partial charge in [0.2, 0.25) is 0 Å². The first-order valence-corrected chi connectivity index (χ1v) is 7.52. The monoisotopic (exact) mass is 282 g/mol. The zero-order valence-electron chi connectivity index (χ0n) is 12.9. The van der Waals surface area contributed by atoms with Crippen LogP contribution in [0.3, 0.4) is 0 Å². The van der Waals surface area contributed by atoms with Gasteiger partial charge in [-0.05, 0) is 30.9 Å². The molecule has 0 amide bonds. The van der Waals surface area contributed by atoms with E-state index in [1.165, 1.54) is 11.1 Å². The molecule has 0 aliphatic heterocycles. The van der Waals surface area contributed by atoms with Crippen molar-refractivity contribution in [3.63, 3.8) is 0 Å². The van der Waals surface area contributed by atoms with Crippen molar-refractivity contribution in [1.29, 1.82) is 0 Å². The summed E-state index contributed by atoms with van der Waals surface area (Å²) in [5.41, 5.74) is 9.83. The van der Waals surface area contributed by atoms with Gasteiger partial charge in [-0.1, -0.05) is 38.1 Å². The van der Waals surface area contributed by atoms with Crippen LogP contribution in [-0.4, -0.2) is 16.0 Å². The van der Waals surface area contributed by atoms with E-state index in [0.29, 0.717) is 11.9 Å². The highest BCUT2D eigenvalue weighted by atomic mass is 15.1. The van der Waals surface area contributed by atoms with Gasteiger partial charge >= 0.3 is 0 Å². The van der Waals surface area contributed by atoms with E-state index in [2.05, 4.69) is 53.4 Å². The van der Waals surface area contributed by atoms with Gasteiger partial charge in [0, 0.05) is 17.5 Å². The van der Waals surface area contributed by atoms with E-state index in [9.17, 15) is 0 Å². The van der Waals surface area contributed by atoms with E-state index in [4.69, 9.17) is 5.73 Å². The lowest BCUT2D eigenvalue weighted by molar-refractivity contribution is 0.744. The summed E-state index contributed by atoms with van der Waals surface area (Å²) >= 11 is 0. The molecule has 3 N–H and O–H groups in total. The molecule has 0 fully saturated rings. The predicted octanol–water partition coefficient (Wildman–Crippen LogP) is 3.07. The molecule has 0 saturated heterocycles. The highest BCUT2D eigenvalue weighted by Gasteiger charge is 2.22. The number of nitrogens with two attached hydrogens (primary N) is 1. The first-order chi connectivity index (χ1) is 10.0. The molecule has 110 valence electrons. The van der Waals surface area contributed by atoms with Crippen molar-refractivity contribution in [1.82, 2.24) is 9.97 Å². The van der Waals surface area contributed by atoms with Crippen molar-refractivity contribution in [2.45, 2.75) is 45.6 Å². The molecule has 4 heteroatoms. The lowest BCUT2D eigenvalue weighted by atomic mass is 10.1. The molecule has 1 aliphatic carbocycles. The molecule has 1 aromatic heterocycles. The molecule has 4 nitrogen and oxygen atoms in total. The second-order valence-corrected chi connectivity index (χ2v) is 6.11. The Bertz CT molecular complexity index is 639. The summed E-state index contributed by atoms with van der Waals surface area (Å²) < 4.78 is 0. The van der Waals surface area contributed by atoms with Gasteiger partial charge in [-0.2, -0.15) is 0 Å². The van der Waals surface area contributed by atoms with Gasteiger partial charge in [0.25, 0.3) is 0 Å². The van der Waals surface area contributed by atoms with Crippen LogP contribution >= 0.6 is 0 Å². The van der Waals surface area contributed by atoms with Crippen molar-refractivity contribution in [2.24, 2.45) is 0 Å². The number of nitrogens with zero attached hydrogens (tertiary/aromatic N) is 2. The normalized spacial score (nSPS) is 14.5. The Balaban J connectivity index is 1.83. The fraction of sp³-hybridized carbons (Fsp3) is 0.412. The molecule has 1 aromatic carbocycles. The third kappa shape index (κ3) is 2.71. The predicted molar refractivity (Wildman–Crippen MR) is 86.5 cm³/mol. The Hall–Kier alpha value is -2.10. The van der Waals surface area contributed by atoms with Crippen molar-refractivity contribution in [3.8, 4) is 0 Å². The smallest absolute Gasteiger partial charge is 0.135 e. The van der Waals surface area contributed by atoms with Crippen molar-refractivity contribution in [2.75, 3.05) is 11.1 Å². The van der Waals surface area contributed by atoms with Crippen LogP contribution in [0.25, 0.3) is 0 Å². The maximum atomic E-state index is 6.03. The molecule has 0 radical (unpaired) electrons. The molecule has 1 heterocycles. The number of hydrogen-bond donors (Lipinski definition) is 2. The summed E-state index contributed by atoms with van der Waals surface area (Å²) in [6, 6.07) is 9.00. The summed E-state index contributed by atoms with van der Waals surface area (Å²) in [7, 11) is 0.